The Morgan fingerprint density at radius 1 is 1.25 bits per heavy atom. The van der Waals surface area contributed by atoms with Crippen molar-refractivity contribution in [3.05, 3.63) is 34.1 Å². The maximum absolute atomic E-state index is 12.8. The van der Waals surface area contributed by atoms with Crippen LogP contribution in [0.1, 0.15) is 17.9 Å². The zero-order chi connectivity index (χ0) is 14.8. The van der Waals surface area contributed by atoms with Crippen molar-refractivity contribution in [1.29, 1.82) is 0 Å². The maximum atomic E-state index is 12.8. The van der Waals surface area contributed by atoms with Gasteiger partial charge in [0.25, 0.3) is 0 Å². The first-order chi connectivity index (χ1) is 9.41. The Labute approximate surface area is 126 Å². The molecule has 0 spiro atoms. The third-order valence-corrected chi connectivity index (χ3v) is 3.47. The van der Waals surface area contributed by atoms with Crippen LogP contribution in [-0.4, -0.2) is 16.1 Å². The molecule has 3 nitrogen and oxygen atoms in total. The molecular formula is C12H9BrClF3N2O. The second kappa shape index (κ2) is 6.13. The molecule has 1 aromatic heterocycles. The lowest BCUT2D eigenvalue weighted by Crippen LogP contribution is -2.06. The van der Waals surface area contributed by atoms with E-state index in [4.69, 9.17) is 16.0 Å². The highest BCUT2D eigenvalue weighted by molar-refractivity contribution is 9.10. The standard InChI is InChI=1S/C12H9BrClF3N2O/c13-9-4-3-7(6-8(9)12(15,16)17)11-19-18-10(20-11)2-1-5-14/h3-4,6H,1-2,5H2. The summed E-state index contributed by atoms with van der Waals surface area (Å²) in [6, 6.07) is 3.77. The largest absolute Gasteiger partial charge is 0.421 e. The molecule has 0 N–H and O–H groups in total. The van der Waals surface area contributed by atoms with Crippen molar-refractivity contribution in [1.82, 2.24) is 10.2 Å². The number of hydrogen-bond acceptors (Lipinski definition) is 3. The number of alkyl halides is 4. The SMILES string of the molecule is FC(F)(F)c1cc(-c2nnc(CCCCl)o2)ccc1Br. The molecule has 2 rings (SSSR count). The van der Waals surface area contributed by atoms with Crippen molar-refractivity contribution >= 4 is 27.5 Å². The minimum absolute atomic E-state index is 0.0318. The van der Waals surface area contributed by atoms with E-state index in [0.717, 1.165) is 6.07 Å². The van der Waals surface area contributed by atoms with Gasteiger partial charge in [-0.05, 0) is 24.6 Å². The summed E-state index contributed by atoms with van der Waals surface area (Å²) in [5, 5.41) is 7.53. The van der Waals surface area contributed by atoms with Crippen molar-refractivity contribution in [3.8, 4) is 11.5 Å². The minimum Gasteiger partial charge on any atom is -0.421 e. The van der Waals surface area contributed by atoms with Gasteiger partial charge in [-0.1, -0.05) is 15.9 Å². The van der Waals surface area contributed by atoms with E-state index < -0.39 is 11.7 Å². The molecular weight excluding hydrogens is 360 g/mol. The zero-order valence-corrected chi connectivity index (χ0v) is 12.4. The summed E-state index contributed by atoms with van der Waals surface area (Å²) in [6.45, 7) is 0. The zero-order valence-electron chi connectivity index (χ0n) is 10.0. The molecule has 0 bridgehead atoms. The summed E-state index contributed by atoms with van der Waals surface area (Å²) in [4.78, 5) is 0. The van der Waals surface area contributed by atoms with Crippen LogP contribution in [0.3, 0.4) is 0 Å². The lowest BCUT2D eigenvalue weighted by atomic mass is 10.1. The normalized spacial score (nSPS) is 11.8. The van der Waals surface area contributed by atoms with E-state index in [9.17, 15) is 13.2 Å². The molecule has 0 unspecified atom stereocenters. The molecule has 1 heterocycles. The van der Waals surface area contributed by atoms with Gasteiger partial charge in [0.15, 0.2) is 0 Å². The number of aryl methyl sites for hydroxylation is 1. The molecule has 0 radical (unpaired) electrons. The van der Waals surface area contributed by atoms with Crippen molar-refractivity contribution in [3.63, 3.8) is 0 Å². The predicted molar refractivity (Wildman–Crippen MR) is 71.5 cm³/mol. The highest BCUT2D eigenvalue weighted by Gasteiger charge is 2.33. The van der Waals surface area contributed by atoms with Crippen LogP contribution in [0.25, 0.3) is 11.5 Å². The summed E-state index contributed by atoms with van der Waals surface area (Å²) < 4.78 is 43.7. The molecule has 2 aromatic rings. The third-order valence-electron chi connectivity index (χ3n) is 2.51. The first-order valence-corrected chi connectivity index (χ1v) is 7.00. The van der Waals surface area contributed by atoms with E-state index in [1.54, 1.807) is 0 Å². The monoisotopic (exact) mass is 368 g/mol. The third kappa shape index (κ3) is 3.52. The second-order valence-corrected chi connectivity index (χ2v) is 5.22. The van der Waals surface area contributed by atoms with Gasteiger partial charge in [-0.3, -0.25) is 0 Å². The number of hydrogen-bond donors (Lipinski definition) is 0. The summed E-state index contributed by atoms with van der Waals surface area (Å²) in [5.74, 6) is 0.874. The topological polar surface area (TPSA) is 38.9 Å². The first-order valence-electron chi connectivity index (χ1n) is 5.67. The minimum atomic E-state index is -4.45. The van der Waals surface area contributed by atoms with Crippen LogP contribution in [-0.2, 0) is 12.6 Å². The Morgan fingerprint density at radius 3 is 2.65 bits per heavy atom. The fourth-order valence-corrected chi connectivity index (χ4v) is 2.17. The Balaban J connectivity index is 2.31. The van der Waals surface area contributed by atoms with E-state index in [1.165, 1.54) is 12.1 Å². The van der Waals surface area contributed by atoms with E-state index in [0.29, 0.717) is 24.6 Å². The van der Waals surface area contributed by atoms with Crippen molar-refractivity contribution in [2.75, 3.05) is 5.88 Å². The van der Waals surface area contributed by atoms with Gasteiger partial charge in [-0.15, -0.1) is 21.8 Å². The van der Waals surface area contributed by atoms with Crippen LogP contribution in [0.2, 0.25) is 0 Å². The van der Waals surface area contributed by atoms with Crippen LogP contribution in [0.15, 0.2) is 27.1 Å². The van der Waals surface area contributed by atoms with Gasteiger partial charge in [0.2, 0.25) is 11.8 Å². The lowest BCUT2D eigenvalue weighted by molar-refractivity contribution is -0.138. The maximum Gasteiger partial charge on any atom is 0.417 e. The molecule has 1 aromatic carbocycles. The van der Waals surface area contributed by atoms with Crippen LogP contribution >= 0.6 is 27.5 Å². The molecule has 0 atom stereocenters. The summed E-state index contributed by atoms with van der Waals surface area (Å²) >= 11 is 8.42. The fraction of sp³-hybridized carbons (Fsp3) is 0.333. The molecule has 0 fully saturated rings. The van der Waals surface area contributed by atoms with E-state index in [-0.39, 0.29) is 15.9 Å². The molecule has 0 aliphatic heterocycles. The summed E-state index contributed by atoms with van der Waals surface area (Å²) in [5.41, 5.74) is -0.555. The number of aromatic nitrogens is 2. The molecule has 108 valence electrons. The fourth-order valence-electron chi connectivity index (χ4n) is 1.56. The van der Waals surface area contributed by atoms with Crippen LogP contribution in [0, 0.1) is 0 Å². The Hall–Kier alpha value is -1.08. The number of rotatable bonds is 4. The van der Waals surface area contributed by atoms with Gasteiger partial charge in [0.1, 0.15) is 0 Å². The quantitative estimate of drug-likeness (QED) is 0.734. The van der Waals surface area contributed by atoms with Crippen LogP contribution in [0.5, 0.6) is 0 Å². The van der Waals surface area contributed by atoms with Crippen molar-refractivity contribution in [2.45, 2.75) is 19.0 Å². The molecule has 0 saturated heterocycles. The first kappa shape index (κ1) is 15.3. The average Bonchev–Trinajstić information content (AvgIpc) is 2.84. The molecule has 0 amide bonds. The second-order valence-electron chi connectivity index (χ2n) is 3.99. The highest BCUT2D eigenvalue weighted by atomic mass is 79.9. The number of nitrogens with zero attached hydrogens (tertiary/aromatic N) is 2. The molecule has 0 aliphatic carbocycles. The van der Waals surface area contributed by atoms with E-state index in [2.05, 4.69) is 26.1 Å². The predicted octanol–water partition coefficient (Wildman–Crippen LogP) is 4.69. The lowest BCUT2D eigenvalue weighted by Gasteiger charge is -2.09. The van der Waals surface area contributed by atoms with Crippen molar-refractivity contribution in [2.24, 2.45) is 0 Å². The average molecular weight is 370 g/mol. The smallest absolute Gasteiger partial charge is 0.417 e. The summed E-state index contributed by atoms with van der Waals surface area (Å²) in [6.07, 6.45) is -3.28. The van der Waals surface area contributed by atoms with Crippen LogP contribution in [0.4, 0.5) is 13.2 Å². The van der Waals surface area contributed by atoms with Gasteiger partial charge >= 0.3 is 6.18 Å². The highest BCUT2D eigenvalue weighted by Crippen LogP contribution is 2.37. The molecule has 0 aliphatic rings. The van der Waals surface area contributed by atoms with E-state index >= 15 is 0 Å². The molecule has 20 heavy (non-hydrogen) atoms. The van der Waals surface area contributed by atoms with Gasteiger partial charge in [-0.25, -0.2) is 0 Å². The van der Waals surface area contributed by atoms with Gasteiger partial charge in [0, 0.05) is 22.3 Å². The Bertz CT molecular complexity index is 601. The Kier molecular flexibility index (Phi) is 4.70. The number of halogens is 5. The van der Waals surface area contributed by atoms with Gasteiger partial charge in [-0.2, -0.15) is 13.2 Å². The molecule has 0 saturated carbocycles. The van der Waals surface area contributed by atoms with Crippen LogP contribution < -0.4 is 0 Å². The van der Waals surface area contributed by atoms with Gasteiger partial charge < -0.3 is 4.42 Å². The van der Waals surface area contributed by atoms with Crippen molar-refractivity contribution < 1.29 is 17.6 Å². The van der Waals surface area contributed by atoms with E-state index in [1.807, 2.05) is 0 Å². The van der Waals surface area contributed by atoms with Gasteiger partial charge in [0.05, 0.1) is 5.56 Å². The summed E-state index contributed by atoms with van der Waals surface area (Å²) in [7, 11) is 0. The molecule has 8 heteroatoms. The number of benzene rings is 1. The Morgan fingerprint density at radius 2 is 2.00 bits per heavy atom.